The number of carbonyl (C=O) groups excluding carboxylic acids is 1. The first-order valence-electron chi connectivity index (χ1n) is 6.78. The zero-order chi connectivity index (χ0) is 15.2. The molecule has 21 heavy (non-hydrogen) atoms. The number of phenols is 1. The summed E-state index contributed by atoms with van der Waals surface area (Å²) in [7, 11) is 0. The van der Waals surface area contributed by atoms with Crippen molar-refractivity contribution in [3.63, 3.8) is 0 Å². The van der Waals surface area contributed by atoms with E-state index >= 15 is 0 Å². The number of aryl methyl sites for hydroxylation is 1. The minimum absolute atomic E-state index is 0.128. The van der Waals surface area contributed by atoms with Crippen molar-refractivity contribution in [1.82, 2.24) is 0 Å². The van der Waals surface area contributed by atoms with Crippen LogP contribution in [-0.2, 0) is 9.53 Å². The molecule has 0 saturated carbocycles. The highest BCUT2D eigenvalue weighted by atomic mass is 16.6. The van der Waals surface area contributed by atoms with E-state index in [-0.39, 0.29) is 12.4 Å². The van der Waals surface area contributed by atoms with E-state index in [9.17, 15) is 9.90 Å². The summed E-state index contributed by atoms with van der Waals surface area (Å²) in [6, 6.07) is 12.7. The van der Waals surface area contributed by atoms with Crippen molar-refractivity contribution in [3.8, 4) is 22.6 Å². The van der Waals surface area contributed by atoms with Crippen molar-refractivity contribution in [3.05, 3.63) is 48.0 Å². The van der Waals surface area contributed by atoms with Gasteiger partial charge in [0.25, 0.3) is 0 Å². The Bertz CT molecular complexity index is 634. The van der Waals surface area contributed by atoms with Gasteiger partial charge in [-0.25, -0.2) is 4.79 Å². The predicted octanol–water partition coefficient (Wildman–Crippen LogP) is 3.31. The van der Waals surface area contributed by atoms with Crippen molar-refractivity contribution < 1.29 is 19.4 Å². The van der Waals surface area contributed by atoms with Gasteiger partial charge < -0.3 is 14.6 Å². The summed E-state index contributed by atoms with van der Waals surface area (Å²) in [4.78, 5) is 11.3. The van der Waals surface area contributed by atoms with Crippen LogP contribution in [0.25, 0.3) is 11.1 Å². The number of hydrogen-bond donors (Lipinski definition) is 1. The Morgan fingerprint density at radius 2 is 2.00 bits per heavy atom. The lowest BCUT2D eigenvalue weighted by molar-refractivity contribution is -0.145. The molecule has 0 heterocycles. The predicted molar refractivity (Wildman–Crippen MR) is 80.4 cm³/mol. The lowest BCUT2D eigenvalue weighted by atomic mass is 10.0. The second-order valence-corrected chi connectivity index (χ2v) is 4.64. The van der Waals surface area contributed by atoms with Crippen molar-refractivity contribution in [1.29, 1.82) is 0 Å². The highest BCUT2D eigenvalue weighted by Crippen LogP contribution is 2.31. The minimum Gasteiger partial charge on any atom is -0.507 e. The van der Waals surface area contributed by atoms with Crippen LogP contribution in [0.4, 0.5) is 0 Å². The highest BCUT2D eigenvalue weighted by Gasteiger charge is 2.07. The molecule has 0 aromatic heterocycles. The lowest BCUT2D eigenvalue weighted by Gasteiger charge is -2.09. The second-order valence-electron chi connectivity index (χ2n) is 4.64. The van der Waals surface area contributed by atoms with Gasteiger partial charge in [-0.15, -0.1) is 0 Å². The Kier molecular flexibility index (Phi) is 4.82. The highest BCUT2D eigenvalue weighted by molar-refractivity contribution is 5.73. The number of aromatic hydroxyl groups is 1. The Morgan fingerprint density at radius 3 is 2.76 bits per heavy atom. The lowest BCUT2D eigenvalue weighted by Crippen LogP contribution is -2.14. The van der Waals surface area contributed by atoms with E-state index in [1.54, 1.807) is 25.1 Å². The molecule has 0 aliphatic carbocycles. The molecule has 2 rings (SSSR count). The minimum atomic E-state index is -0.402. The normalized spacial score (nSPS) is 10.2. The van der Waals surface area contributed by atoms with E-state index in [2.05, 4.69) is 0 Å². The van der Waals surface area contributed by atoms with Crippen LogP contribution >= 0.6 is 0 Å². The zero-order valence-electron chi connectivity index (χ0n) is 12.1. The molecule has 0 atom stereocenters. The monoisotopic (exact) mass is 286 g/mol. The molecule has 0 amide bonds. The summed E-state index contributed by atoms with van der Waals surface area (Å²) in [5.74, 6) is 0.367. The summed E-state index contributed by atoms with van der Waals surface area (Å²) < 4.78 is 10.2. The quantitative estimate of drug-likeness (QED) is 0.857. The topological polar surface area (TPSA) is 55.8 Å². The molecule has 2 aromatic rings. The number of carbonyl (C=O) groups is 1. The van der Waals surface area contributed by atoms with Crippen LogP contribution in [0, 0.1) is 6.92 Å². The molecular formula is C17H18O4. The maximum atomic E-state index is 11.3. The third-order valence-corrected chi connectivity index (χ3v) is 2.96. The fraction of sp³-hybridized carbons (Fsp3) is 0.235. The molecule has 0 spiro atoms. The Balaban J connectivity index is 2.17. The fourth-order valence-corrected chi connectivity index (χ4v) is 1.98. The molecule has 4 nitrogen and oxygen atoms in total. The van der Waals surface area contributed by atoms with Gasteiger partial charge in [-0.2, -0.15) is 0 Å². The zero-order valence-corrected chi connectivity index (χ0v) is 12.1. The average molecular weight is 286 g/mol. The van der Waals surface area contributed by atoms with Crippen LogP contribution in [0.3, 0.4) is 0 Å². The molecular weight excluding hydrogens is 268 g/mol. The van der Waals surface area contributed by atoms with Crippen LogP contribution in [0.5, 0.6) is 11.5 Å². The Morgan fingerprint density at radius 1 is 1.19 bits per heavy atom. The maximum Gasteiger partial charge on any atom is 0.344 e. The molecule has 1 N–H and O–H groups in total. The molecule has 0 aliphatic rings. The largest absolute Gasteiger partial charge is 0.507 e. The van der Waals surface area contributed by atoms with Crippen LogP contribution in [0.1, 0.15) is 12.5 Å². The van der Waals surface area contributed by atoms with Crippen molar-refractivity contribution in [2.45, 2.75) is 13.8 Å². The van der Waals surface area contributed by atoms with Gasteiger partial charge in [-0.3, -0.25) is 0 Å². The molecule has 0 radical (unpaired) electrons. The molecule has 2 aromatic carbocycles. The third kappa shape index (κ3) is 3.99. The van der Waals surface area contributed by atoms with E-state index in [1.165, 1.54) is 0 Å². The van der Waals surface area contributed by atoms with Crippen molar-refractivity contribution in [2.24, 2.45) is 0 Å². The molecule has 0 fully saturated rings. The number of hydrogen-bond acceptors (Lipinski definition) is 4. The van der Waals surface area contributed by atoms with Gasteiger partial charge in [0.1, 0.15) is 11.5 Å². The van der Waals surface area contributed by atoms with E-state index in [4.69, 9.17) is 9.47 Å². The van der Waals surface area contributed by atoms with Crippen LogP contribution in [0.15, 0.2) is 42.5 Å². The summed E-state index contributed by atoms with van der Waals surface area (Å²) in [6.45, 7) is 3.92. The van der Waals surface area contributed by atoms with Crippen LogP contribution in [-0.4, -0.2) is 24.3 Å². The second kappa shape index (κ2) is 6.79. The first-order chi connectivity index (χ1) is 10.1. The Labute approximate surface area is 123 Å². The standard InChI is InChI=1S/C17H18O4/c1-3-20-17(19)11-21-14-6-4-5-13(10-14)15-9-12(2)7-8-16(15)18/h4-10,18H,3,11H2,1-2H3. The summed E-state index contributed by atoms with van der Waals surface area (Å²) in [5.41, 5.74) is 2.62. The first-order valence-corrected chi connectivity index (χ1v) is 6.78. The van der Waals surface area contributed by atoms with E-state index in [0.29, 0.717) is 12.4 Å². The third-order valence-electron chi connectivity index (χ3n) is 2.96. The van der Waals surface area contributed by atoms with E-state index < -0.39 is 5.97 Å². The van der Waals surface area contributed by atoms with Gasteiger partial charge in [0.05, 0.1) is 6.61 Å². The maximum absolute atomic E-state index is 11.3. The van der Waals surface area contributed by atoms with Gasteiger partial charge in [-0.05, 0) is 43.7 Å². The van der Waals surface area contributed by atoms with E-state index in [1.807, 2.05) is 31.2 Å². The van der Waals surface area contributed by atoms with Gasteiger partial charge in [0, 0.05) is 5.56 Å². The van der Waals surface area contributed by atoms with Gasteiger partial charge in [-0.1, -0.05) is 23.8 Å². The van der Waals surface area contributed by atoms with Crippen LogP contribution < -0.4 is 4.74 Å². The average Bonchev–Trinajstić information content (AvgIpc) is 2.48. The van der Waals surface area contributed by atoms with E-state index in [0.717, 1.165) is 16.7 Å². The van der Waals surface area contributed by atoms with Crippen molar-refractivity contribution in [2.75, 3.05) is 13.2 Å². The molecule has 0 saturated heterocycles. The van der Waals surface area contributed by atoms with Gasteiger partial charge in [0.15, 0.2) is 6.61 Å². The number of esters is 1. The summed E-state index contributed by atoms with van der Waals surface area (Å²) in [5, 5.41) is 9.95. The number of phenolic OH excluding ortho intramolecular Hbond substituents is 1. The Hall–Kier alpha value is -2.49. The molecule has 110 valence electrons. The SMILES string of the molecule is CCOC(=O)COc1cccc(-c2cc(C)ccc2O)c1. The van der Waals surface area contributed by atoms with Crippen molar-refractivity contribution >= 4 is 5.97 Å². The van der Waals surface area contributed by atoms with Gasteiger partial charge >= 0.3 is 5.97 Å². The summed E-state index contributed by atoms with van der Waals surface area (Å²) in [6.07, 6.45) is 0. The number of ether oxygens (including phenoxy) is 2. The molecule has 4 heteroatoms. The van der Waals surface area contributed by atoms with Crippen LogP contribution in [0.2, 0.25) is 0 Å². The smallest absolute Gasteiger partial charge is 0.344 e. The number of rotatable bonds is 5. The fourth-order valence-electron chi connectivity index (χ4n) is 1.98. The molecule has 0 aliphatic heterocycles. The first kappa shape index (κ1) is 14.9. The summed E-state index contributed by atoms with van der Waals surface area (Å²) >= 11 is 0. The molecule has 0 bridgehead atoms. The number of benzene rings is 2. The molecule has 0 unspecified atom stereocenters. The van der Waals surface area contributed by atoms with Gasteiger partial charge in [0.2, 0.25) is 0 Å².